The lowest BCUT2D eigenvalue weighted by Gasteiger charge is -2.43. The van der Waals surface area contributed by atoms with Crippen LogP contribution < -0.4 is 23.8 Å². The van der Waals surface area contributed by atoms with Crippen molar-refractivity contribution in [3.8, 4) is 28.7 Å². The summed E-state index contributed by atoms with van der Waals surface area (Å²) in [5.41, 5.74) is 4.09. The van der Waals surface area contributed by atoms with Crippen LogP contribution in [0.5, 0.6) is 28.7 Å². The lowest BCUT2D eigenvalue weighted by Crippen LogP contribution is -2.49. The van der Waals surface area contributed by atoms with Gasteiger partial charge in [-0.2, -0.15) is 0 Å². The molecule has 1 heterocycles. The summed E-state index contributed by atoms with van der Waals surface area (Å²) in [6.07, 6.45) is 1.90. The molecule has 0 radical (unpaired) electrons. The van der Waals surface area contributed by atoms with Gasteiger partial charge in [-0.25, -0.2) is 0 Å². The van der Waals surface area contributed by atoms with Crippen molar-refractivity contribution in [1.82, 2.24) is 0 Å². The third kappa shape index (κ3) is 5.82. The van der Waals surface area contributed by atoms with Crippen LogP contribution in [0.2, 0.25) is 0 Å². The second kappa shape index (κ2) is 12.2. The smallest absolute Gasteiger partial charge is 0.257 e. The molecule has 0 aliphatic carbocycles. The standard InChI is InChI=1S/C30H33NO6.C2H6/c1-30(2,3)20-11-8-18(9-12-20)14-22-27(19-10-13-24(34-4)23(32)15-19)31(29(22)33)21-16-25(35-5)28(37-7)26(17-21)36-6;1-2/h8-17,27,32H,1-7H3;1-2H3/b22-14-;/t27-;/m0./s1. The molecule has 3 aromatic carbocycles. The molecule has 0 spiro atoms. The summed E-state index contributed by atoms with van der Waals surface area (Å²) >= 11 is 0. The van der Waals surface area contributed by atoms with Crippen molar-refractivity contribution in [2.45, 2.75) is 46.1 Å². The zero-order valence-corrected chi connectivity index (χ0v) is 24.3. The van der Waals surface area contributed by atoms with Crippen molar-refractivity contribution in [2.24, 2.45) is 0 Å². The highest BCUT2D eigenvalue weighted by atomic mass is 16.5. The monoisotopic (exact) mass is 533 g/mol. The van der Waals surface area contributed by atoms with E-state index >= 15 is 0 Å². The number of β-lactam (4-membered cyclic amide) rings is 1. The Morgan fingerprint density at radius 3 is 1.82 bits per heavy atom. The molecule has 39 heavy (non-hydrogen) atoms. The van der Waals surface area contributed by atoms with Crippen LogP contribution in [0.3, 0.4) is 0 Å². The Balaban J connectivity index is 0.00000205. The van der Waals surface area contributed by atoms with Gasteiger partial charge in [0.25, 0.3) is 5.91 Å². The first-order chi connectivity index (χ1) is 18.6. The first-order valence-corrected chi connectivity index (χ1v) is 13.0. The van der Waals surface area contributed by atoms with Crippen molar-refractivity contribution in [1.29, 1.82) is 0 Å². The molecule has 4 rings (SSSR count). The summed E-state index contributed by atoms with van der Waals surface area (Å²) in [4.78, 5) is 15.2. The van der Waals surface area contributed by atoms with Gasteiger partial charge in [0.05, 0.1) is 40.2 Å². The highest BCUT2D eigenvalue weighted by Crippen LogP contribution is 2.49. The van der Waals surface area contributed by atoms with Crippen molar-refractivity contribution in [3.63, 3.8) is 0 Å². The van der Waals surface area contributed by atoms with E-state index in [1.807, 2.05) is 38.1 Å². The van der Waals surface area contributed by atoms with Crippen LogP contribution in [-0.2, 0) is 10.2 Å². The molecule has 208 valence electrons. The quantitative estimate of drug-likeness (QED) is 0.262. The van der Waals surface area contributed by atoms with Gasteiger partial charge in [-0.3, -0.25) is 9.69 Å². The summed E-state index contributed by atoms with van der Waals surface area (Å²) < 4.78 is 21.7. The van der Waals surface area contributed by atoms with Crippen LogP contribution in [0.4, 0.5) is 5.69 Å². The van der Waals surface area contributed by atoms with Crippen molar-refractivity contribution >= 4 is 17.7 Å². The van der Waals surface area contributed by atoms with E-state index in [1.165, 1.54) is 34.0 Å². The SMILES string of the molecule is CC.COc1ccc([C@H]2/C(=C/c3ccc(C(C)(C)C)cc3)C(=O)N2c2cc(OC)c(OC)c(OC)c2)cc1O. The molecule has 0 aromatic heterocycles. The molecule has 1 fully saturated rings. The summed E-state index contributed by atoms with van der Waals surface area (Å²) in [7, 11) is 6.09. The average Bonchev–Trinajstić information content (AvgIpc) is 2.94. The van der Waals surface area contributed by atoms with Crippen molar-refractivity contribution in [3.05, 3.63) is 76.9 Å². The molecule has 0 unspecified atom stereocenters. The summed E-state index contributed by atoms with van der Waals surface area (Å²) in [5, 5.41) is 10.5. The number of phenols is 1. The average molecular weight is 534 g/mol. The zero-order valence-electron chi connectivity index (χ0n) is 24.3. The van der Waals surface area contributed by atoms with Gasteiger partial charge in [0.15, 0.2) is 23.0 Å². The summed E-state index contributed by atoms with van der Waals surface area (Å²) in [6.45, 7) is 10.5. The van der Waals surface area contributed by atoms with Crippen LogP contribution in [-0.4, -0.2) is 39.5 Å². The second-order valence-corrected chi connectivity index (χ2v) is 9.86. The number of methoxy groups -OCH3 is 4. The highest BCUT2D eigenvalue weighted by Gasteiger charge is 2.44. The first kappa shape index (κ1) is 29.4. The number of carbonyl (C=O) groups is 1. The Morgan fingerprint density at radius 1 is 0.795 bits per heavy atom. The zero-order chi connectivity index (χ0) is 28.9. The Hall–Kier alpha value is -4.13. The topological polar surface area (TPSA) is 77.5 Å². The molecule has 1 amide bonds. The van der Waals surface area contributed by atoms with E-state index in [0.29, 0.717) is 34.3 Å². The van der Waals surface area contributed by atoms with E-state index in [-0.39, 0.29) is 17.1 Å². The van der Waals surface area contributed by atoms with Gasteiger partial charge in [0.2, 0.25) is 5.75 Å². The molecule has 3 aromatic rings. The maximum Gasteiger partial charge on any atom is 0.257 e. The summed E-state index contributed by atoms with van der Waals surface area (Å²) in [5.74, 6) is 1.52. The van der Waals surface area contributed by atoms with E-state index < -0.39 is 6.04 Å². The molecule has 1 saturated heterocycles. The minimum absolute atomic E-state index is 0.00179. The van der Waals surface area contributed by atoms with Crippen LogP contribution in [0.15, 0.2) is 60.2 Å². The normalized spacial score (nSPS) is 15.7. The van der Waals surface area contributed by atoms with E-state index in [1.54, 1.807) is 29.2 Å². The van der Waals surface area contributed by atoms with Gasteiger partial charge in [-0.1, -0.05) is 65.0 Å². The second-order valence-electron chi connectivity index (χ2n) is 9.86. The number of anilines is 1. The van der Waals surface area contributed by atoms with Gasteiger partial charge >= 0.3 is 0 Å². The highest BCUT2D eigenvalue weighted by molar-refractivity contribution is 6.18. The largest absolute Gasteiger partial charge is 0.504 e. The summed E-state index contributed by atoms with van der Waals surface area (Å²) in [6, 6.07) is 16.4. The Morgan fingerprint density at radius 2 is 1.36 bits per heavy atom. The molecule has 1 atom stereocenters. The predicted molar refractivity (Wildman–Crippen MR) is 155 cm³/mol. The lowest BCUT2D eigenvalue weighted by atomic mass is 9.84. The van der Waals surface area contributed by atoms with Gasteiger partial charge < -0.3 is 24.1 Å². The third-order valence-electron chi connectivity index (χ3n) is 6.56. The molecule has 0 bridgehead atoms. The van der Waals surface area contributed by atoms with Crippen LogP contribution in [0.1, 0.15) is 57.4 Å². The Kier molecular flexibility index (Phi) is 9.17. The van der Waals surface area contributed by atoms with E-state index in [0.717, 1.165) is 11.1 Å². The number of hydrogen-bond donors (Lipinski definition) is 1. The van der Waals surface area contributed by atoms with Gasteiger partial charge in [0.1, 0.15) is 0 Å². The molecule has 7 nitrogen and oxygen atoms in total. The fraction of sp³-hybridized carbons (Fsp3) is 0.344. The number of benzene rings is 3. The van der Waals surface area contributed by atoms with Crippen LogP contribution in [0.25, 0.3) is 6.08 Å². The molecule has 1 aliphatic rings. The third-order valence-corrected chi connectivity index (χ3v) is 6.56. The molecular weight excluding hydrogens is 494 g/mol. The van der Waals surface area contributed by atoms with Crippen molar-refractivity contribution < 1.29 is 28.8 Å². The maximum atomic E-state index is 13.6. The number of carbonyl (C=O) groups excluding carboxylic acids is 1. The molecule has 1 aliphatic heterocycles. The minimum Gasteiger partial charge on any atom is -0.504 e. The molecule has 7 heteroatoms. The molecular formula is C32H39NO6. The number of aromatic hydroxyl groups is 1. The number of ether oxygens (including phenoxy) is 4. The lowest BCUT2D eigenvalue weighted by molar-refractivity contribution is -0.118. The molecule has 0 saturated carbocycles. The number of hydrogen-bond acceptors (Lipinski definition) is 6. The predicted octanol–water partition coefficient (Wildman–Crippen LogP) is 6.92. The first-order valence-electron chi connectivity index (χ1n) is 13.0. The van der Waals surface area contributed by atoms with Gasteiger partial charge in [0, 0.05) is 17.7 Å². The van der Waals surface area contributed by atoms with Crippen LogP contribution in [0, 0.1) is 0 Å². The molecule has 1 N–H and O–H groups in total. The van der Waals surface area contributed by atoms with E-state index in [4.69, 9.17) is 18.9 Å². The van der Waals surface area contributed by atoms with Gasteiger partial charge in [-0.05, 0) is 40.3 Å². The number of nitrogens with zero attached hydrogens (tertiary/aromatic N) is 1. The minimum atomic E-state index is -0.450. The Bertz CT molecular complexity index is 1310. The van der Waals surface area contributed by atoms with E-state index in [9.17, 15) is 9.90 Å². The number of amides is 1. The van der Waals surface area contributed by atoms with Gasteiger partial charge in [-0.15, -0.1) is 0 Å². The number of phenolic OH excluding ortho intramolecular Hbond substituents is 1. The van der Waals surface area contributed by atoms with Crippen molar-refractivity contribution in [2.75, 3.05) is 33.3 Å². The van der Waals surface area contributed by atoms with E-state index in [2.05, 4.69) is 32.9 Å². The fourth-order valence-corrected chi connectivity index (χ4v) is 4.52. The number of rotatable bonds is 7. The van der Waals surface area contributed by atoms with Crippen LogP contribution >= 0.6 is 0 Å². The maximum absolute atomic E-state index is 13.6. The fourth-order valence-electron chi connectivity index (χ4n) is 4.52. The Labute approximate surface area is 231 Å².